The lowest BCUT2D eigenvalue weighted by atomic mass is 10.0. The molecule has 0 amide bonds. The highest BCUT2D eigenvalue weighted by Gasteiger charge is 2.24. The molecule has 1 unspecified atom stereocenters. The number of hydrogen-bond acceptors (Lipinski definition) is 4. The molecule has 8 heteroatoms. The normalized spacial score (nSPS) is 15.2. The first-order valence-corrected chi connectivity index (χ1v) is 8.11. The predicted octanol–water partition coefficient (Wildman–Crippen LogP) is 4.03. The molecule has 0 aliphatic heterocycles. The van der Waals surface area contributed by atoms with Gasteiger partial charge in [0, 0.05) is 12.0 Å². The van der Waals surface area contributed by atoms with Gasteiger partial charge in [0.15, 0.2) is 11.5 Å². The highest BCUT2D eigenvalue weighted by molar-refractivity contribution is 5.44. The molecule has 1 atom stereocenters. The van der Waals surface area contributed by atoms with Crippen molar-refractivity contribution < 1.29 is 32.1 Å². The standard InChI is InChI=1S/C18H17F4NO3/c19-13-7-23-8-14(20)12(13)6-15(24)11-3-4-16(26-18(21)22)17(5-11)25-9-10-1-2-10/h3-5,7-8,10,15,18,24H,1-2,6,9H2. The summed E-state index contributed by atoms with van der Waals surface area (Å²) < 4.78 is 62.4. The summed E-state index contributed by atoms with van der Waals surface area (Å²) in [6, 6.07) is 3.94. The molecule has 1 aromatic carbocycles. The van der Waals surface area contributed by atoms with Crippen molar-refractivity contribution in [3.63, 3.8) is 0 Å². The molecule has 1 fully saturated rings. The van der Waals surface area contributed by atoms with Crippen LogP contribution in [0.25, 0.3) is 0 Å². The average Bonchev–Trinajstić information content (AvgIpc) is 3.41. The molecule has 1 aliphatic rings. The van der Waals surface area contributed by atoms with E-state index in [1.54, 1.807) is 0 Å². The third kappa shape index (κ3) is 4.63. The second-order valence-corrected chi connectivity index (χ2v) is 6.14. The summed E-state index contributed by atoms with van der Waals surface area (Å²) in [4.78, 5) is 3.39. The molecule has 0 spiro atoms. The van der Waals surface area contributed by atoms with Gasteiger partial charge < -0.3 is 14.6 Å². The Morgan fingerprint density at radius 1 is 1.12 bits per heavy atom. The molecule has 0 saturated heterocycles. The predicted molar refractivity (Wildman–Crippen MR) is 84.1 cm³/mol. The van der Waals surface area contributed by atoms with Gasteiger partial charge in [0.2, 0.25) is 0 Å². The minimum atomic E-state index is -3.02. The maximum absolute atomic E-state index is 13.7. The number of aliphatic hydroxyl groups is 1. The van der Waals surface area contributed by atoms with Crippen molar-refractivity contribution in [3.05, 3.63) is 53.4 Å². The molecule has 0 bridgehead atoms. The SMILES string of the molecule is OC(Cc1c(F)cncc1F)c1ccc(OC(F)F)c(OCC2CC2)c1. The van der Waals surface area contributed by atoms with E-state index in [0.717, 1.165) is 25.2 Å². The number of halogens is 4. The molecule has 3 rings (SSSR count). The number of aromatic nitrogens is 1. The van der Waals surface area contributed by atoms with Gasteiger partial charge in [0.1, 0.15) is 11.6 Å². The first-order valence-electron chi connectivity index (χ1n) is 8.11. The minimum Gasteiger partial charge on any atom is -0.489 e. The third-order valence-corrected chi connectivity index (χ3v) is 4.09. The largest absolute Gasteiger partial charge is 0.489 e. The van der Waals surface area contributed by atoms with Crippen LogP contribution in [0, 0.1) is 17.6 Å². The Bertz CT molecular complexity index is 748. The summed E-state index contributed by atoms with van der Waals surface area (Å²) in [5, 5.41) is 10.3. The topological polar surface area (TPSA) is 51.6 Å². The van der Waals surface area contributed by atoms with Gasteiger partial charge >= 0.3 is 6.61 Å². The van der Waals surface area contributed by atoms with Crippen molar-refractivity contribution in [2.75, 3.05) is 6.61 Å². The van der Waals surface area contributed by atoms with Crippen LogP contribution < -0.4 is 9.47 Å². The fourth-order valence-electron chi connectivity index (χ4n) is 2.47. The maximum atomic E-state index is 13.7. The van der Waals surface area contributed by atoms with Gasteiger partial charge in [0.25, 0.3) is 0 Å². The Hall–Kier alpha value is -2.35. The quantitative estimate of drug-likeness (QED) is 0.712. The van der Waals surface area contributed by atoms with E-state index in [2.05, 4.69) is 9.72 Å². The van der Waals surface area contributed by atoms with Crippen LogP contribution >= 0.6 is 0 Å². The molecule has 0 radical (unpaired) electrons. The number of hydrogen-bond donors (Lipinski definition) is 1. The van der Waals surface area contributed by atoms with Gasteiger partial charge in [-0.25, -0.2) is 8.78 Å². The lowest BCUT2D eigenvalue weighted by Crippen LogP contribution is -2.09. The summed E-state index contributed by atoms with van der Waals surface area (Å²) in [7, 11) is 0. The minimum absolute atomic E-state index is 0.0597. The van der Waals surface area contributed by atoms with E-state index < -0.39 is 24.3 Å². The van der Waals surface area contributed by atoms with Crippen LogP contribution in [0.4, 0.5) is 17.6 Å². The third-order valence-electron chi connectivity index (χ3n) is 4.09. The number of rotatable bonds is 8. The number of benzene rings is 1. The highest BCUT2D eigenvalue weighted by Crippen LogP contribution is 2.36. The van der Waals surface area contributed by atoms with Crippen LogP contribution in [0.3, 0.4) is 0 Å². The van der Waals surface area contributed by atoms with Crippen molar-refractivity contribution >= 4 is 0 Å². The summed E-state index contributed by atoms with van der Waals surface area (Å²) >= 11 is 0. The Balaban J connectivity index is 1.80. The van der Waals surface area contributed by atoms with E-state index in [9.17, 15) is 22.7 Å². The Morgan fingerprint density at radius 3 is 2.42 bits per heavy atom. The lowest BCUT2D eigenvalue weighted by molar-refractivity contribution is -0.0515. The number of alkyl halides is 2. The van der Waals surface area contributed by atoms with Crippen molar-refractivity contribution in [3.8, 4) is 11.5 Å². The molecule has 1 aliphatic carbocycles. The van der Waals surface area contributed by atoms with Crippen molar-refractivity contribution in [1.29, 1.82) is 0 Å². The fourth-order valence-corrected chi connectivity index (χ4v) is 2.47. The zero-order valence-electron chi connectivity index (χ0n) is 13.7. The smallest absolute Gasteiger partial charge is 0.387 e. The van der Waals surface area contributed by atoms with E-state index in [0.29, 0.717) is 12.5 Å². The van der Waals surface area contributed by atoms with E-state index in [-0.39, 0.29) is 29.0 Å². The van der Waals surface area contributed by atoms with Crippen LogP contribution in [-0.2, 0) is 6.42 Å². The molecule has 140 valence electrons. The molecule has 26 heavy (non-hydrogen) atoms. The van der Waals surface area contributed by atoms with E-state index >= 15 is 0 Å². The molecule has 2 aromatic rings. The van der Waals surface area contributed by atoms with Gasteiger partial charge in [-0.1, -0.05) is 6.07 Å². The van der Waals surface area contributed by atoms with Crippen LogP contribution in [-0.4, -0.2) is 23.3 Å². The summed E-state index contributed by atoms with van der Waals surface area (Å²) in [5.74, 6) is -1.45. The summed E-state index contributed by atoms with van der Waals surface area (Å²) in [6.07, 6.45) is 2.13. The molecule has 1 heterocycles. The molecular formula is C18H17F4NO3. The van der Waals surface area contributed by atoms with Gasteiger partial charge in [-0.2, -0.15) is 8.78 Å². The maximum Gasteiger partial charge on any atom is 0.387 e. The monoisotopic (exact) mass is 371 g/mol. The highest BCUT2D eigenvalue weighted by atomic mass is 19.3. The van der Waals surface area contributed by atoms with E-state index in [1.165, 1.54) is 18.2 Å². The second kappa shape index (κ2) is 7.90. The lowest BCUT2D eigenvalue weighted by Gasteiger charge is -2.17. The average molecular weight is 371 g/mol. The first-order chi connectivity index (χ1) is 12.4. The second-order valence-electron chi connectivity index (χ2n) is 6.14. The number of nitrogens with zero attached hydrogens (tertiary/aromatic N) is 1. The zero-order chi connectivity index (χ0) is 18.7. The van der Waals surface area contributed by atoms with Crippen LogP contribution in [0.2, 0.25) is 0 Å². The van der Waals surface area contributed by atoms with Gasteiger partial charge in [-0.15, -0.1) is 0 Å². The zero-order valence-corrected chi connectivity index (χ0v) is 13.7. The number of pyridine rings is 1. The summed E-state index contributed by atoms with van der Waals surface area (Å²) in [5.41, 5.74) is -0.0334. The first kappa shape index (κ1) is 18.4. The molecule has 1 N–H and O–H groups in total. The van der Waals surface area contributed by atoms with Crippen LogP contribution in [0.1, 0.15) is 30.1 Å². The Morgan fingerprint density at radius 2 is 1.81 bits per heavy atom. The molecule has 1 saturated carbocycles. The fraction of sp³-hybridized carbons (Fsp3) is 0.389. The number of aliphatic hydroxyl groups excluding tert-OH is 1. The Labute approximate surface area is 147 Å². The summed E-state index contributed by atoms with van der Waals surface area (Å²) in [6.45, 7) is -2.67. The van der Waals surface area contributed by atoms with Crippen LogP contribution in [0.5, 0.6) is 11.5 Å². The van der Waals surface area contributed by atoms with Gasteiger partial charge in [-0.3, -0.25) is 4.98 Å². The van der Waals surface area contributed by atoms with E-state index in [1.807, 2.05) is 0 Å². The van der Waals surface area contributed by atoms with Gasteiger partial charge in [-0.05, 0) is 36.5 Å². The van der Waals surface area contributed by atoms with Crippen molar-refractivity contribution in [1.82, 2.24) is 4.98 Å². The van der Waals surface area contributed by atoms with E-state index in [4.69, 9.17) is 4.74 Å². The molecular weight excluding hydrogens is 354 g/mol. The molecule has 4 nitrogen and oxygen atoms in total. The van der Waals surface area contributed by atoms with Crippen molar-refractivity contribution in [2.45, 2.75) is 32.0 Å². The van der Waals surface area contributed by atoms with Gasteiger partial charge in [0.05, 0.1) is 25.1 Å². The number of ether oxygens (including phenoxy) is 2. The van der Waals surface area contributed by atoms with Crippen molar-refractivity contribution in [2.24, 2.45) is 5.92 Å². The molecule has 1 aromatic heterocycles. The van der Waals surface area contributed by atoms with Crippen LogP contribution in [0.15, 0.2) is 30.6 Å². The Kier molecular flexibility index (Phi) is 5.61.